The highest BCUT2D eigenvalue weighted by molar-refractivity contribution is 7.80. The van der Waals surface area contributed by atoms with Crippen LogP contribution in [-0.4, -0.2) is 23.1 Å². The summed E-state index contributed by atoms with van der Waals surface area (Å²) in [5.41, 5.74) is 0.482. The molecule has 92 valence electrons. The van der Waals surface area contributed by atoms with Crippen LogP contribution in [0.3, 0.4) is 0 Å². The lowest BCUT2D eigenvalue weighted by molar-refractivity contribution is -0.128. The molecule has 1 aliphatic heterocycles. The fourth-order valence-electron chi connectivity index (χ4n) is 2.05. The highest BCUT2D eigenvalue weighted by Crippen LogP contribution is 2.21. The Hall–Kier alpha value is -1.10. The molecule has 1 fully saturated rings. The number of nitrogens with zero attached hydrogens (tertiary/aromatic N) is 1. The number of carbonyl (C=O) groups is 1. The van der Waals surface area contributed by atoms with E-state index in [1.807, 2.05) is 0 Å². The van der Waals surface area contributed by atoms with Crippen LogP contribution in [0, 0.1) is 17.6 Å². The summed E-state index contributed by atoms with van der Waals surface area (Å²) < 4.78 is 26.0. The van der Waals surface area contributed by atoms with Crippen molar-refractivity contribution in [2.24, 2.45) is 5.92 Å². The fraction of sp³-hybridized carbons (Fsp3) is 0.417. The van der Waals surface area contributed by atoms with Crippen molar-refractivity contribution in [2.75, 3.05) is 12.3 Å². The van der Waals surface area contributed by atoms with E-state index in [2.05, 4.69) is 12.6 Å². The Labute approximate surface area is 104 Å². The van der Waals surface area contributed by atoms with Crippen molar-refractivity contribution in [2.45, 2.75) is 13.0 Å². The number of rotatable bonds is 3. The maximum Gasteiger partial charge on any atom is 0.223 e. The first-order valence-electron chi connectivity index (χ1n) is 5.42. The summed E-state index contributed by atoms with van der Waals surface area (Å²) in [4.78, 5) is 13.2. The van der Waals surface area contributed by atoms with E-state index in [1.165, 1.54) is 12.1 Å². The molecular weight excluding hydrogens is 244 g/mol. The van der Waals surface area contributed by atoms with Gasteiger partial charge in [0.15, 0.2) is 0 Å². The lowest BCUT2D eigenvalue weighted by atomic mass is 10.1. The quantitative estimate of drug-likeness (QED) is 0.823. The van der Waals surface area contributed by atoms with Crippen LogP contribution < -0.4 is 0 Å². The first kappa shape index (κ1) is 12.4. The number of hydrogen-bond donors (Lipinski definition) is 1. The molecule has 2 rings (SSSR count). The third-order valence-corrected chi connectivity index (χ3v) is 3.36. The molecule has 0 spiro atoms. The molecule has 1 saturated heterocycles. The van der Waals surface area contributed by atoms with Crippen molar-refractivity contribution in [1.29, 1.82) is 0 Å². The predicted molar refractivity (Wildman–Crippen MR) is 63.7 cm³/mol. The number of carbonyl (C=O) groups excluding carboxylic acids is 1. The summed E-state index contributed by atoms with van der Waals surface area (Å²) in [6, 6.07) is 3.33. The molecule has 0 saturated carbocycles. The number of benzene rings is 1. The molecule has 1 heterocycles. The highest BCUT2D eigenvalue weighted by Gasteiger charge is 2.28. The zero-order chi connectivity index (χ0) is 12.4. The van der Waals surface area contributed by atoms with E-state index in [-0.39, 0.29) is 18.4 Å². The van der Waals surface area contributed by atoms with Gasteiger partial charge < -0.3 is 4.90 Å². The van der Waals surface area contributed by atoms with E-state index in [0.29, 0.717) is 24.3 Å². The summed E-state index contributed by atoms with van der Waals surface area (Å²) in [5.74, 6) is -0.313. The molecule has 1 unspecified atom stereocenters. The summed E-state index contributed by atoms with van der Waals surface area (Å²) >= 11 is 4.16. The van der Waals surface area contributed by atoms with Gasteiger partial charge in [0.1, 0.15) is 11.6 Å². The average Bonchev–Trinajstić information content (AvgIpc) is 2.58. The Balaban J connectivity index is 2.08. The minimum atomic E-state index is -0.614. The van der Waals surface area contributed by atoms with E-state index in [9.17, 15) is 13.6 Å². The molecule has 0 aliphatic carbocycles. The van der Waals surface area contributed by atoms with Crippen LogP contribution in [0.15, 0.2) is 18.2 Å². The minimum absolute atomic E-state index is 0.0220. The van der Waals surface area contributed by atoms with Crippen molar-refractivity contribution in [3.05, 3.63) is 35.4 Å². The molecule has 1 aliphatic rings. The van der Waals surface area contributed by atoms with Gasteiger partial charge in [-0.3, -0.25) is 4.79 Å². The molecule has 1 atom stereocenters. The standard InChI is InChI=1S/C12H13F2NOS/c13-10-1-8(2-11(14)4-10)5-15-6-9(7-17)3-12(15)16/h1-2,4,9,17H,3,5-7H2. The van der Waals surface area contributed by atoms with E-state index < -0.39 is 11.6 Å². The molecule has 2 nitrogen and oxygen atoms in total. The van der Waals surface area contributed by atoms with Gasteiger partial charge in [0.05, 0.1) is 0 Å². The number of hydrogen-bond acceptors (Lipinski definition) is 2. The van der Waals surface area contributed by atoms with Gasteiger partial charge in [-0.25, -0.2) is 8.78 Å². The van der Waals surface area contributed by atoms with Crippen LogP contribution in [0.5, 0.6) is 0 Å². The van der Waals surface area contributed by atoms with Gasteiger partial charge in [0, 0.05) is 25.6 Å². The molecular formula is C12H13F2NOS. The molecule has 1 aromatic carbocycles. The normalized spacial score (nSPS) is 20.1. The Morgan fingerprint density at radius 3 is 2.47 bits per heavy atom. The smallest absolute Gasteiger partial charge is 0.223 e. The molecule has 0 N–H and O–H groups in total. The minimum Gasteiger partial charge on any atom is -0.338 e. The fourth-order valence-corrected chi connectivity index (χ4v) is 2.30. The Bertz CT molecular complexity index is 418. The lowest BCUT2D eigenvalue weighted by Gasteiger charge is -2.16. The lowest BCUT2D eigenvalue weighted by Crippen LogP contribution is -2.24. The molecule has 5 heteroatoms. The third kappa shape index (κ3) is 2.97. The molecule has 0 radical (unpaired) electrons. The van der Waals surface area contributed by atoms with Crippen LogP contribution in [0.2, 0.25) is 0 Å². The first-order valence-corrected chi connectivity index (χ1v) is 6.05. The van der Waals surface area contributed by atoms with Gasteiger partial charge in [0.2, 0.25) is 5.91 Å². The second kappa shape index (κ2) is 5.04. The summed E-state index contributed by atoms with van der Waals surface area (Å²) in [6.07, 6.45) is 0.474. The largest absolute Gasteiger partial charge is 0.338 e. The van der Waals surface area contributed by atoms with Crippen molar-refractivity contribution in [3.63, 3.8) is 0 Å². The van der Waals surface area contributed by atoms with Crippen molar-refractivity contribution >= 4 is 18.5 Å². The molecule has 0 aromatic heterocycles. The molecule has 0 bridgehead atoms. The summed E-state index contributed by atoms with van der Waals surface area (Å²) in [7, 11) is 0. The van der Waals surface area contributed by atoms with Crippen molar-refractivity contribution in [1.82, 2.24) is 4.90 Å². The third-order valence-electron chi connectivity index (χ3n) is 2.85. The molecule has 1 amide bonds. The van der Waals surface area contributed by atoms with E-state index in [4.69, 9.17) is 0 Å². The second-order valence-electron chi connectivity index (χ2n) is 4.30. The number of thiol groups is 1. The first-order chi connectivity index (χ1) is 8.08. The summed E-state index contributed by atoms with van der Waals surface area (Å²) in [6.45, 7) is 0.873. The number of amides is 1. The zero-order valence-electron chi connectivity index (χ0n) is 9.20. The number of likely N-dealkylation sites (tertiary alicyclic amines) is 1. The maximum absolute atomic E-state index is 13.0. The monoisotopic (exact) mass is 257 g/mol. The van der Waals surface area contributed by atoms with Gasteiger partial charge in [-0.2, -0.15) is 12.6 Å². The average molecular weight is 257 g/mol. The maximum atomic E-state index is 13.0. The molecule has 1 aromatic rings. The molecule has 17 heavy (non-hydrogen) atoms. The van der Waals surface area contributed by atoms with Crippen LogP contribution >= 0.6 is 12.6 Å². The summed E-state index contributed by atoms with van der Waals surface area (Å²) in [5, 5.41) is 0. The van der Waals surface area contributed by atoms with E-state index >= 15 is 0 Å². The van der Waals surface area contributed by atoms with Gasteiger partial charge in [0.25, 0.3) is 0 Å². The van der Waals surface area contributed by atoms with Gasteiger partial charge >= 0.3 is 0 Å². The van der Waals surface area contributed by atoms with E-state index in [0.717, 1.165) is 6.07 Å². The van der Waals surface area contributed by atoms with Crippen LogP contribution in [0.4, 0.5) is 8.78 Å². The van der Waals surface area contributed by atoms with Crippen molar-refractivity contribution < 1.29 is 13.6 Å². The second-order valence-corrected chi connectivity index (χ2v) is 4.67. The zero-order valence-corrected chi connectivity index (χ0v) is 10.1. The van der Waals surface area contributed by atoms with Crippen molar-refractivity contribution in [3.8, 4) is 0 Å². The topological polar surface area (TPSA) is 20.3 Å². The van der Waals surface area contributed by atoms with Gasteiger partial charge in [-0.05, 0) is 29.4 Å². The SMILES string of the molecule is O=C1CC(CS)CN1Cc1cc(F)cc(F)c1. The predicted octanol–water partition coefficient (Wildman–Crippen LogP) is 2.24. The van der Waals surface area contributed by atoms with Gasteiger partial charge in [-0.1, -0.05) is 0 Å². The number of halogens is 2. The van der Waals surface area contributed by atoms with E-state index in [1.54, 1.807) is 4.90 Å². The Morgan fingerprint density at radius 2 is 1.94 bits per heavy atom. The van der Waals surface area contributed by atoms with Crippen LogP contribution in [0.1, 0.15) is 12.0 Å². The van der Waals surface area contributed by atoms with Gasteiger partial charge in [-0.15, -0.1) is 0 Å². The Morgan fingerprint density at radius 1 is 1.29 bits per heavy atom. The van der Waals surface area contributed by atoms with Crippen LogP contribution in [0.25, 0.3) is 0 Å². The highest BCUT2D eigenvalue weighted by atomic mass is 32.1. The Kier molecular flexibility index (Phi) is 3.66. The van der Waals surface area contributed by atoms with Crippen LogP contribution in [-0.2, 0) is 11.3 Å².